The van der Waals surface area contributed by atoms with Crippen molar-refractivity contribution in [3.63, 3.8) is 0 Å². The van der Waals surface area contributed by atoms with Crippen LogP contribution in [-0.4, -0.2) is 31.0 Å². The molecule has 2 aromatic carbocycles. The number of hydrogen-bond donors (Lipinski definition) is 1. The second-order valence-corrected chi connectivity index (χ2v) is 4.57. The summed E-state index contributed by atoms with van der Waals surface area (Å²) in [5.41, 5.74) is 0.327. The molecular formula is C16H17FO4. The zero-order valence-corrected chi connectivity index (χ0v) is 11.9. The van der Waals surface area contributed by atoms with Gasteiger partial charge in [-0.2, -0.15) is 0 Å². The first-order valence-electron chi connectivity index (χ1n) is 6.63. The van der Waals surface area contributed by atoms with Crippen LogP contribution in [0.1, 0.15) is 18.6 Å². The maximum atomic E-state index is 13.8. The SMILES string of the molecule is CCOC(=O)C(F)C(O)c1ccc2cc(OC)ccc2c1. The van der Waals surface area contributed by atoms with E-state index in [0.717, 1.165) is 10.8 Å². The quantitative estimate of drug-likeness (QED) is 0.861. The molecule has 2 aromatic rings. The number of carbonyl (C=O) groups is 1. The van der Waals surface area contributed by atoms with Crippen molar-refractivity contribution in [3.8, 4) is 5.75 Å². The number of aliphatic hydroxyl groups excluding tert-OH is 1. The number of ether oxygens (including phenoxy) is 2. The molecule has 112 valence electrons. The summed E-state index contributed by atoms with van der Waals surface area (Å²) in [5.74, 6) is -0.342. The maximum Gasteiger partial charge on any atom is 0.343 e. The van der Waals surface area contributed by atoms with Gasteiger partial charge in [-0.15, -0.1) is 0 Å². The van der Waals surface area contributed by atoms with Crippen LogP contribution < -0.4 is 4.74 Å². The Morgan fingerprint density at radius 2 is 1.90 bits per heavy atom. The topological polar surface area (TPSA) is 55.8 Å². The van der Waals surface area contributed by atoms with Crippen molar-refractivity contribution in [2.24, 2.45) is 0 Å². The molecule has 0 spiro atoms. The van der Waals surface area contributed by atoms with Crippen LogP contribution in [0.5, 0.6) is 5.75 Å². The molecule has 2 rings (SSSR count). The van der Waals surface area contributed by atoms with E-state index in [2.05, 4.69) is 4.74 Å². The lowest BCUT2D eigenvalue weighted by atomic mass is 10.0. The summed E-state index contributed by atoms with van der Waals surface area (Å²) in [4.78, 5) is 11.3. The predicted octanol–water partition coefficient (Wildman–Crippen LogP) is 2.78. The van der Waals surface area contributed by atoms with Gasteiger partial charge in [-0.1, -0.05) is 18.2 Å². The first-order valence-corrected chi connectivity index (χ1v) is 6.63. The average Bonchev–Trinajstić information content (AvgIpc) is 2.52. The molecule has 4 nitrogen and oxygen atoms in total. The monoisotopic (exact) mass is 292 g/mol. The molecule has 1 N–H and O–H groups in total. The van der Waals surface area contributed by atoms with Gasteiger partial charge in [0.15, 0.2) is 0 Å². The van der Waals surface area contributed by atoms with Gasteiger partial charge in [-0.3, -0.25) is 0 Å². The summed E-state index contributed by atoms with van der Waals surface area (Å²) >= 11 is 0. The van der Waals surface area contributed by atoms with Crippen LogP contribution >= 0.6 is 0 Å². The standard InChI is InChI=1S/C16H17FO4/c1-3-21-16(19)14(17)15(18)12-5-4-11-9-13(20-2)7-6-10(11)8-12/h4-9,14-15,18H,3H2,1-2H3. The average molecular weight is 292 g/mol. The Bertz CT molecular complexity index is 641. The molecule has 0 saturated heterocycles. The van der Waals surface area contributed by atoms with E-state index in [0.29, 0.717) is 11.3 Å². The van der Waals surface area contributed by atoms with Crippen molar-refractivity contribution in [2.45, 2.75) is 19.2 Å². The fourth-order valence-corrected chi connectivity index (χ4v) is 2.07. The number of alkyl halides is 1. The van der Waals surface area contributed by atoms with Crippen LogP contribution in [-0.2, 0) is 9.53 Å². The molecule has 5 heteroatoms. The highest BCUT2D eigenvalue weighted by molar-refractivity contribution is 5.85. The molecule has 0 bridgehead atoms. The van der Waals surface area contributed by atoms with Gasteiger partial charge in [0.2, 0.25) is 6.17 Å². The van der Waals surface area contributed by atoms with Crippen LogP contribution in [0, 0.1) is 0 Å². The molecule has 21 heavy (non-hydrogen) atoms. The third kappa shape index (κ3) is 3.31. The van der Waals surface area contributed by atoms with E-state index < -0.39 is 18.2 Å². The summed E-state index contributed by atoms with van der Waals surface area (Å²) in [6.45, 7) is 1.66. The lowest BCUT2D eigenvalue weighted by Crippen LogP contribution is -2.26. The van der Waals surface area contributed by atoms with E-state index in [1.165, 1.54) is 0 Å². The van der Waals surface area contributed by atoms with Gasteiger partial charge in [-0.25, -0.2) is 9.18 Å². The van der Waals surface area contributed by atoms with Gasteiger partial charge >= 0.3 is 5.97 Å². The van der Waals surface area contributed by atoms with Crippen molar-refractivity contribution >= 4 is 16.7 Å². The number of aliphatic hydroxyl groups is 1. The lowest BCUT2D eigenvalue weighted by molar-refractivity contribution is -0.153. The number of rotatable bonds is 5. The van der Waals surface area contributed by atoms with Crippen LogP contribution in [0.4, 0.5) is 4.39 Å². The normalized spacial score (nSPS) is 13.7. The first kappa shape index (κ1) is 15.3. The van der Waals surface area contributed by atoms with Gasteiger partial charge < -0.3 is 14.6 Å². The van der Waals surface area contributed by atoms with Crippen LogP contribution in [0.25, 0.3) is 10.8 Å². The molecule has 0 saturated carbocycles. The molecule has 0 aliphatic rings. The molecule has 0 aliphatic carbocycles. The largest absolute Gasteiger partial charge is 0.497 e. The van der Waals surface area contributed by atoms with Crippen molar-refractivity contribution in [1.29, 1.82) is 0 Å². The van der Waals surface area contributed by atoms with Crippen LogP contribution in [0.3, 0.4) is 0 Å². The fraction of sp³-hybridized carbons (Fsp3) is 0.312. The van der Waals surface area contributed by atoms with E-state index in [9.17, 15) is 14.3 Å². The minimum absolute atomic E-state index is 0.0729. The number of halogens is 1. The molecule has 0 radical (unpaired) electrons. The number of hydrogen-bond acceptors (Lipinski definition) is 4. The van der Waals surface area contributed by atoms with E-state index in [1.807, 2.05) is 12.1 Å². The smallest absolute Gasteiger partial charge is 0.343 e. The summed E-state index contributed by atoms with van der Waals surface area (Å²) < 4.78 is 23.5. The Hall–Kier alpha value is -2.14. The third-order valence-electron chi connectivity index (χ3n) is 3.20. The van der Waals surface area contributed by atoms with Crippen LogP contribution in [0.2, 0.25) is 0 Å². The number of methoxy groups -OCH3 is 1. The number of carbonyl (C=O) groups excluding carboxylic acids is 1. The molecule has 0 heterocycles. The maximum absolute atomic E-state index is 13.8. The van der Waals surface area contributed by atoms with E-state index in [1.54, 1.807) is 38.3 Å². The Balaban J connectivity index is 2.27. The van der Waals surface area contributed by atoms with Gasteiger partial charge in [0.25, 0.3) is 0 Å². The number of esters is 1. The first-order chi connectivity index (χ1) is 10.1. The van der Waals surface area contributed by atoms with E-state index >= 15 is 0 Å². The van der Waals surface area contributed by atoms with Gasteiger partial charge in [0.05, 0.1) is 13.7 Å². The second-order valence-electron chi connectivity index (χ2n) is 4.57. The minimum Gasteiger partial charge on any atom is -0.497 e. The molecule has 2 unspecified atom stereocenters. The van der Waals surface area contributed by atoms with Gasteiger partial charge in [0, 0.05) is 0 Å². The molecule has 0 aliphatic heterocycles. The van der Waals surface area contributed by atoms with Crippen molar-refractivity contribution in [1.82, 2.24) is 0 Å². The molecule has 0 aromatic heterocycles. The minimum atomic E-state index is -2.10. The highest BCUT2D eigenvalue weighted by atomic mass is 19.1. The fourth-order valence-electron chi connectivity index (χ4n) is 2.07. The zero-order chi connectivity index (χ0) is 15.4. The predicted molar refractivity (Wildman–Crippen MR) is 77.0 cm³/mol. The van der Waals surface area contributed by atoms with Gasteiger partial charge in [0.1, 0.15) is 11.9 Å². The van der Waals surface area contributed by atoms with Crippen LogP contribution in [0.15, 0.2) is 36.4 Å². The Labute approximate surface area is 122 Å². The van der Waals surface area contributed by atoms with E-state index in [4.69, 9.17) is 4.74 Å². The van der Waals surface area contributed by atoms with Crippen molar-refractivity contribution in [2.75, 3.05) is 13.7 Å². The molecule has 2 atom stereocenters. The van der Waals surface area contributed by atoms with Gasteiger partial charge in [-0.05, 0) is 41.5 Å². The lowest BCUT2D eigenvalue weighted by Gasteiger charge is -2.15. The number of benzene rings is 2. The highest BCUT2D eigenvalue weighted by Gasteiger charge is 2.29. The zero-order valence-electron chi connectivity index (χ0n) is 11.9. The highest BCUT2D eigenvalue weighted by Crippen LogP contribution is 2.26. The Morgan fingerprint density at radius 3 is 2.57 bits per heavy atom. The summed E-state index contributed by atoms with van der Waals surface area (Å²) in [7, 11) is 1.58. The van der Waals surface area contributed by atoms with Crippen molar-refractivity contribution in [3.05, 3.63) is 42.0 Å². The summed E-state index contributed by atoms with van der Waals surface area (Å²) in [6, 6.07) is 10.4. The molecule has 0 fully saturated rings. The summed E-state index contributed by atoms with van der Waals surface area (Å²) in [6.07, 6.45) is -3.64. The van der Waals surface area contributed by atoms with Crippen molar-refractivity contribution < 1.29 is 23.8 Å². The third-order valence-corrected chi connectivity index (χ3v) is 3.20. The number of fused-ring (bicyclic) bond motifs is 1. The summed E-state index contributed by atoms with van der Waals surface area (Å²) in [5, 5.41) is 11.7. The second kappa shape index (κ2) is 6.54. The molecular weight excluding hydrogens is 275 g/mol. The Morgan fingerprint density at radius 1 is 1.24 bits per heavy atom. The molecule has 0 amide bonds. The Kier molecular flexibility index (Phi) is 4.75. The van der Waals surface area contributed by atoms with E-state index in [-0.39, 0.29) is 6.61 Å².